The van der Waals surface area contributed by atoms with Crippen LogP contribution in [0.15, 0.2) is 164 Å². The quantitative estimate of drug-likeness (QED) is 0.190. The predicted octanol–water partition coefficient (Wildman–Crippen LogP) is 11.8. The molecular weight excluding hydrogens is 520 g/mol. The van der Waals surface area contributed by atoms with E-state index in [1.54, 1.807) is 0 Å². The molecule has 2 nitrogen and oxygen atoms in total. The topological polar surface area (TPSA) is 6.48 Å². The summed E-state index contributed by atoms with van der Waals surface area (Å²) in [6.45, 7) is 2.13. The van der Waals surface area contributed by atoms with Gasteiger partial charge in [-0.1, -0.05) is 109 Å². The highest BCUT2D eigenvalue weighted by Crippen LogP contribution is 2.47. The van der Waals surface area contributed by atoms with Crippen LogP contribution in [0, 0.1) is 6.92 Å². The lowest BCUT2D eigenvalue weighted by Gasteiger charge is -2.29. The van der Waals surface area contributed by atoms with Crippen LogP contribution >= 0.6 is 0 Å². The van der Waals surface area contributed by atoms with Crippen molar-refractivity contribution in [3.63, 3.8) is 0 Å². The summed E-state index contributed by atoms with van der Waals surface area (Å²) in [6.07, 6.45) is 0. The number of anilines is 6. The van der Waals surface area contributed by atoms with Crippen molar-refractivity contribution in [2.24, 2.45) is 0 Å². The first-order valence-electron chi connectivity index (χ1n) is 15.2. The smallest absolute Gasteiger partial charge is 0.0623 e. The van der Waals surface area contributed by atoms with Gasteiger partial charge in [-0.15, -0.1) is 0 Å². The molecule has 0 saturated heterocycles. The Hall–Kier alpha value is -5.60. The number of hydrogen-bond acceptors (Lipinski definition) is 2. The fraction of sp³-hybridized carbons (Fsp3) is 0.0244. The van der Waals surface area contributed by atoms with Crippen LogP contribution in [-0.2, 0) is 0 Å². The Morgan fingerprint density at radius 3 is 1.26 bits per heavy atom. The second-order valence-corrected chi connectivity index (χ2v) is 11.0. The maximum Gasteiger partial charge on any atom is 0.0623 e. The molecule has 2 heteroatoms. The molecule has 0 aromatic heterocycles. The van der Waals surface area contributed by atoms with E-state index in [0.717, 1.165) is 34.1 Å². The minimum Gasteiger partial charge on any atom is -0.310 e. The van der Waals surface area contributed by atoms with Gasteiger partial charge in [0.05, 0.1) is 12.7 Å². The van der Waals surface area contributed by atoms with Crippen LogP contribution in [0.2, 0.25) is 0 Å². The zero-order valence-electron chi connectivity index (χ0n) is 24.9. The number of aryl methyl sites for hydroxylation is 1. The van der Waals surface area contributed by atoms with E-state index in [0.29, 0.717) is 6.04 Å². The second kappa shape index (κ2) is 10.3. The minimum atomic E-state index is 0.501. The summed E-state index contributed by atoms with van der Waals surface area (Å²) in [5, 5.41) is 7.37. The lowest BCUT2D eigenvalue weighted by molar-refractivity contribution is 1.29. The molecule has 0 fully saturated rings. The molecular formula is C41H30N2. The van der Waals surface area contributed by atoms with Crippen molar-refractivity contribution >= 4 is 66.4 Å². The van der Waals surface area contributed by atoms with Gasteiger partial charge >= 0.3 is 0 Å². The van der Waals surface area contributed by atoms with Crippen LogP contribution in [0.5, 0.6) is 0 Å². The number of rotatable bonds is 6. The summed E-state index contributed by atoms with van der Waals surface area (Å²) in [5.74, 6) is 0. The number of nitrogens with zero attached hydrogens (tertiary/aromatic N) is 2. The normalized spacial score (nSPS) is 11.7. The molecule has 0 aliphatic rings. The molecule has 43 heavy (non-hydrogen) atoms. The Bertz CT molecular complexity index is 2060. The van der Waals surface area contributed by atoms with Gasteiger partial charge in [-0.3, -0.25) is 0 Å². The van der Waals surface area contributed by atoms with Crippen LogP contribution in [-0.4, -0.2) is 0 Å². The van der Waals surface area contributed by atoms with Gasteiger partial charge in [-0.2, -0.15) is 0 Å². The molecule has 8 aromatic rings. The second-order valence-electron chi connectivity index (χ2n) is 11.0. The Morgan fingerprint density at radius 1 is 0.395 bits per heavy atom. The summed E-state index contributed by atoms with van der Waals surface area (Å²) in [5.41, 5.74) is 7.86. The average molecular weight is 552 g/mol. The van der Waals surface area contributed by atoms with Gasteiger partial charge in [0.1, 0.15) is 0 Å². The summed E-state index contributed by atoms with van der Waals surface area (Å²) in [6, 6.07) is 56.2. The van der Waals surface area contributed by atoms with E-state index in [1.165, 1.54) is 37.9 Å². The Labute approximate surface area is 253 Å². The van der Waals surface area contributed by atoms with Gasteiger partial charge < -0.3 is 9.80 Å². The molecule has 8 rings (SSSR count). The van der Waals surface area contributed by atoms with Crippen LogP contribution < -0.4 is 9.80 Å². The fourth-order valence-electron chi connectivity index (χ4n) is 6.39. The van der Waals surface area contributed by atoms with Gasteiger partial charge in [0.2, 0.25) is 0 Å². The molecule has 0 amide bonds. The maximum absolute atomic E-state index is 8.08. The van der Waals surface area contributed by atoms with E-state index in [4.69, 9.17) is 1.37 Å². The Kier molecular flexibility index (Phi) is 5.78. The van der Waals surface area contributed by atoms with E-state index < -0.39 is 0 Å². The third-order valence-electron chi connectivity index (χ3n) is 8.38. The SMILES string of the molecule is [2H]c1ccc(N(c2ccccc2)c2ccc3ccc4c(N(c5ccccc5)c5ccc(C)cc5)ccc5ccc2c3c54)cc1. The lowest BCUT2D eigenvalue weighted by atomic mass is 9.91. The predicted molar refractivity (Wildman–Crippen MR) is 184 cm³/mol. The molecule has 0 radical (unpaired) electrons. The van der Waals surface area contributed by atoms with E-state index in [-0.39, 0.29) is 0 Å². The summed E-state index contributed by atoms with van der Waals surface area (Å²) >= 11 is 0. The molecule has 0 spiro atoms. The highest BCUT2D eigenvalue weighted by atomic mass is 15.1. The van der Waals surface area contributed by atoms with Gasteiger partial charge in [0.25, 0.3) is 0 Å². The first-order valence-corrected chi connectivity index (χ1v) is 14.7. The summed E-state index contributed by atoms with van der Waals surface area (Å²) in [4.78, 5) is 4.67. The molecule has 0 bridgehead atoms. The zero-order chi connectivity index (χ0) is 29.6. The molecule has 0 aliphatic heterocycles. The van der Waals surface area contributed by atoms with E-state index >= 15 is 0 Å². The molecule has 8 aromatic carbocycles. The fourth-order valence-corrected chi connectivity index (χ4v) is 6.39. The lowest BCUT2D eigenvalue weighted by Crippen LogP contribution is -2.11. The van der Waals surface area contributed by atoms with E-state index in [9.17, 15) is 0 Å². The Balaban J connectivity index is 1.41. The van der Waals surface area contributed by atoms with Crippen LogP contribution in [0.25, 0.3) is 32.3 Å². The van der Waals surface area contributed by atoms with Crippen molar-refractivity contribution < 1.29 is 1.37 Å². The minimum absolute atomic E-state index is 0.501. The van der Waals surface area contributed by atoms with Gasteiger partial charge in [-0.25, -0.2) is 0 Å². The molecule has 204 valence electrons. The number of benzene rings is 8. The van der Waals surface area contributed by atoms with E-state index in [1.807, 2.05) is 30.3 Å². The third-order valence-corrected chi connectivity index (χ3v) is 8.38. The highest BCUT2D eigenvalue weighted by molar-refractivity contribution is 6.28. The standard InChI is InChI=1S/C41H30N2/c1-29-17-23-35(24-18-29)43(34-15-9-4-10-16-34)39-28-22-31-19-25-36-38(27-21-30-20-26-37(39)41(31)40(30)36)42(32-11-5-2-6-12-32)33-13-7-3-8-14-33/h2-28H,1H3/i2D. The molecule has 0 atom stereocenters. The van der Waals surface area contributed by atoms with Gasteiger partial charge in [0, 0.05) is 33.5 Å². The van der Waals surface area contributed by atoms with Crippen LogP contribution in [0.4, 0.5) is 34.1 Å². The van der Waals surface area contributed by atoms with Crippen molar-refractivity contribution in [2.45, 2.75) is 6.92 Å². The maximum atomic E-state index is 8.08. The number of hydrogen-bond donors (Lipinski definition) is 0. The summed E-state index contributed by atoms with van der Waals surface area (Å²) in [7, 11) is 0. The van der Waals surface area contributed by atoms with Crippen molar-refractivity contribution in [1.82, 2.24) is 0 Å². The monoisotopic (exact) mass is 551 g/mol. The zero-order valence-corrected chi connectivity index (χ0v) is 23.9. The average Bonchev–Trinajstić information content (AvgIpc) is 3.07. The van der Waals surface area contributed by atoms with Crippen molar-refractivity contribution in [3.8, 4) is 0 Å². The van der Waals surface area contributed by atoms with Crippen molar-refractivity contribution in [2.75, 3.05) is 9.80 Å². The van der Waals surface area contributed by atoms with Crippen LogP contribution in [0.3, 0.4) is 0 Å². The third kappa shape index (κ3) is 4.27. The van der Waals surface area contributed by atoms with Gasteiger partial charge in [0.15, 0.2) is 0 Å². The van der Waals surface area contributed by atoms with Crippen molar-refractivity contribution in [1.29, 1.82) is 0 Å². The Morgan fingerprint density at radius 2 is 0.791 bits per heavy atom. The van der Waals surface area contributed by atoms with Crippen molar-refractivity contribution in [3.05, 3.63) is 169 Å². The first kappa shape index (κ1) is 24.0. The molecule has 0 N–H and O–H groups in total. The molecule has 0 unspecified atom stereocenters. The van der Waals surface area contributed by atoms with E-state index in [2.05, 4.69) is 144 Å². The highest BCUT2D eigenvalue weighted by Gasteiger charge is 2.21. The van der Waals surface area contributed by atoms with Crippen LogP contribution in [0.1, 0.15) is 6.93 Å². The molecule has 0 saturated carbocycles. The molecule has 0 aliphatic carbocycles. The largest absolute Gasteiger partial charge is 0.310 e. The number of para-hydroxylation sites is 3. The molecule has 0 heterocycles. The summed E-state index contributed by atoms with van der Waals surface area (Å²) < 4.78 is 8.08. The van der Waals surface area contributed by atoms with Gasteiger partial charge in [-0.05, 0) is 89.1 Å². The first-order chi connectivity index (χ1) is 21.7.